The molecular weight excluding hydrogens is 343 g/mol. The van der Waals surface area contributed by atoms with E-state index in [4.69, 9.17) is 4.42 Å². The summed E-state index contributed by atoms with van der Waals surface area (Å²) < 4.78 is 43.6. The topological polar surface area (TPSA) is 67.0 Å². The van der Waals surface area contributed by atoms with Crippen LogP contribution in [0.3, 0.4) is 0 Å². The van der Waals surface area contributed by atoms with E-state index < -0.39 is 11.7 Å². The lowest BCUT2D eigenvalue weighted by molar-refractivity contribution is -0.137. The largest absolute Gasteiger partial charge is 0.455 e. The molecule has 0 unspecified atom stereocenters. The van der Waals surface area contributed by atoms with Crippen molar-refractivity contribution in [2.45, 2.75) is 6.18 Å². The number of nitrogens with zero attached hydrogens (tertiary/aromatic N) is 2. The van der Waals surface area contributed by atoms with E-state index in [0.717, 1.165) is 12.1 Å². The van der Waals surface area contributed by atoms with Gasteiger partial charge in [0.2, 0.25) is 5.91 Å². The first kappa shape index (κ1) is 16.3. The Balaban J connectivity index is 1.75. The lowest BCUT2D eigenvalue weighted by Crippen LogP contribution is -2.19. The zero-order valence-corrected chi connectivity index (χ0v) is 12.8. The average molecular weight is 353 g/mol. The second-order valence-corrected chi connectivity index (χ2v) is 5.73. The summed E-state index contributed by atoms with van der Waals surface area (Å²) in [5.74, 6) is 0.785. The van der Waals surface area contributed by atoms with Crippen molar-refractivity contribution in [3.63, 3.8) is 0 Å². The number of carbonyl (C=O) groups excluding carboxylic acids is 1. The van der Waals surface area contributed by atoms with Gasteiger partial charge in [0, 0.05) is 5.56 Å². The summed E-state index contributed by atoms with van der Waals surface area (Å²) in [5, 5.41) is 10.5. The highest BCUT2D eigenvalue weighted by Crippen LogP contribution is 2.32. The highest BCUT2D eigenvalue weighted by molar-refractivity contribution is 8.15. The zero-order chi connectivity index (χ0) is 17.2. The van der Waals surface area contributed by atoms with Crippen LogP contribution in [0.15, 0.2) is 51.0 Å². The van der Waals surface area contributed by atoms with Gasteiger partial charge in [0.05, 0.1) is 17.5 Å². The maximum atomic E-state index is 12.7. The van der Waals surface area contributed by atoms with Gasteiger partial charge in [0.1, 0.15) is 11.5 Å². The Labute approximate surface area is 138 Å². The Morgan fingerprint density at radius 2 is 2.08 bits per heavy atom. The number of nitrogens with one attached hydrogen (secondary N) is 1. The van der Waals surface area contributed by atoms with Crippen LogP contribution in [0.1, 0.15) is 11.3 Å². The smallest absolute Gasteiger partial charge is 0.416 e. The van der Waals surface area contributed by atoms with Gasteiger partial charge in [-0.2, -0.15) is 18.3 Å². The first-order valence-corrected chi connectivity index (χ1v) is 7.71. The molecule has 1 aliphatic heterocycles. The molecular formula is C15H10F3N3O2S. The van der Waals surface area contributed by atoms with E-state index in [1.54, 1.807) is 12.1 Å². The molecule has 0 bridgehead atoms. The molecule has 1 aromatic carbocycles. The van der Waals surface area contributed by atoms with Crippen LogP contribution in [0.4, 0.5) is 13.2 Å². The van der Waals surface area contributed by atoms with E-state index in [1.165, 1.54) is 30.1 Å². The predicted octanol–water partition coefficient (Wildman–Crippen LogP) is 3.52. The minimum atomic E-state index is -4.41. The van der Waals surface area contributed by atoms with E-state index in [2.05, 4.69) is 15.5 Å². The minimum Gasteiger partial charge on any atom is -0.455 e. The molecule has 1 fully saturated rings. The average Bonchev–Trinajstić information content (AvgIpc) is 3.16. The molecule has 124 valence electrons. The number of furan rings is 1. The minimum absolute atomic E-state index is 0.140. The number of amides is 1. The molecule has 2 aromatic rings. The van der Waals surface area contributed by atoms with Gasteiger partial charge >= 0.3 is 6.18 Å². The molecule has 0 saturated carbocycles. The van der Waals surface area contributed by atoms with Crippen molar-refractivity contribution in [1.29, 1.82) is 0 Å². The lowest BCUT2D eigenvalue weighted by atomic mass is 10.1. The molecule has 3 rings (SSSR count). The van der Waals surface area contributed by atoms with Crippen molar-refractivity contribution in [1.82, 2.24) is 5.32 Å². The normalized spacial score (nSPS) is 17.0. The summed E-state index contributed by atoms with van der Waals surface area (Å²) in [4.78, 5) is 11.0. The molecule has 1 N–H and O–H groups in total. The molecule has 5 nitrogen and oxygen atoms in total. The van der Waals surface area contributed by atoms with Crippen LogP contribution in [0.5, 0.6) is 0 Å². The second-order valence-electron chi connectivity index (χ2n) is 4.77. The van der Waals surface area contributed by atoms with Crippen LogP contribution >= 0.6 is 11.8 Å². The summed E-state index contributed by atoms with van der Waals surface area (Å²) in [6.45, 7) is 0. The summed E-state index contributed by atoms with van der Waals surface area (Å²) in [7, 11) is 0. The maximum absolute atomic E-state index is 12.7. The number of thioether (sulfide) groups is 1. The van der Waals surface area contributed by atoms with Crippen LogP contribution in [0.2, 0.25) is 0 Å². The van der Waals surface area contributed by atoms with Crippen molar-refractivity contribution in [3.05, 3.63) is 47.7 Å². The van der Waals surface area contributed by atoms with Gasteiger partial charge < -0.3 is 9.73 Å². The maximum Gasteiger partial charge on any atom is 0.416 e. The van der Waals surface area contributed by atoms with Crippen LogP contribution in [-0.4, -0.2) is 23.0 Å². The third kappa shape index (κ3) is 3.85. The van der Waals surface area contributed by atoms with E-state index >= 15 is 0 Å². The van der Waals surface area contributed by atoms with Crippen LogP contribution < -0.4 is 5.32 Å². The first-order valence-electron chi connectivity index (χ1n) is 6.73. The Hall–Kier alpha value is -2.55. The summed E-state index contributed by atoms with van der Waals surface area (Å²) in [6, 6.07) is 7.99. The molecule has 2 heterocycles. The van der Waals surface area contributed by atoms with Crippen molar-refractivity contribution in [2.75, 3.05) is 5.75 Å². The van der Waals surface area contributed by atoms with Crippen molar-refractivity contribution in [3.8, 4) is 11.3 Å². The van der Waals surface area contributed by atoms with Gasteiger partial charge in [-0.1, -0.05) is 23.9 Å². The number of benzene rings is 1. The molecule has 24 heavy (non-hydrogen) atoms. The van der Waals surface area contributed by atoms with Gasteiger partial charge in [-0.25, -0.2) is 0 Å². The summed E-state index contributed by atoms with van der Waals surface area (Å²) >= 11 is 1.23. The molecule has 1 aliphatic rings. The van der Waals surface area contributed by atoms with E-state index in [1.807, 2.05) is 0 Å². The summed E-state index contributed by atoms with van der Waals surface area (Å²) in [5.41, 5.74) is -0.429. The highest BCUT2D eigenvalue weighted by atomic mass is 32.2. The fourth-order valence-corrected chi connectivity index (χ4v) is 2.57. The second kappa shape index (κ2) is 6.52. The van der Waals surface area contributed by atoms with Gasteiger partial charge in [-0.05, 0) is 24.3 Å². The monoisotopic (exact) mass is 353 g/mol. The molecule has 0 spiro atoms. The molecule has 1 aromatic heterocycles. The van der Waals surface area contributed by atoms with Gasteiger partial charge in [0.15, 0.2) is 5.17 Å². The first-order chi connectivity index (χ1) is 11.4. The van der Waals surface area contributed by atoms with Crippen LogP contribution in [0.25, 0.3) is 11.3 Å². The standard InChI is InChI=1S/C15H10F3N3O2S/c16-15(17,18)10-3-1-2-9(6-10)12-5-4-11(23-12)7-19-21-14-20-13(22)8-24-14/h1-7H,8H2,(H,20,21,22)/b19-7-. The van der Waals surface area contributed by atoms with Crippen molar-refractivity contribution < 1.29 is 22.4 Å². The number of hydrogen-bond donors (Lipinski definition) is 1. The fraction of sp³-hybridized carbons (Fsp3) is 0.133. The molecule has 1 saturated heterocycles. The van der Waals surface area contributed by atoms with Crippen molar-refractivity contribution >= 4 is 29.1 Å². The third-order valence-electron chi connectivity index (χ3n) is 3.02. The number of halogens is 3. The lowest BCUT2D eigenvalue weighted by Gasteiger charge is -2.07. The number of carbonyl (C=O) groups is 1. The molecule has 9 heteroatoms. The van der Waals surface area contributed by atoms with Gasteiger partial charge in [-0.3, -0.25) is 4.79 Å². The highest BCUT2D eigenvalue weighted by Gasteiger charge is 2.30. The Morgan fingerprint density at radius 3 is 2.79 bits per heavy atom. The van der Waals surface area contributed by atoms with E-state index in [0.29, 0.717) is 28.0 Å². The Morgan fingerprint density at radius 1 is 1.25 bits per heavy atom. The number of hydrogen-bond acceptors (Lipinski definition) is 5. The van der Waals surface area contributed by atoms with Crippen LogP contribution in [-0.2, 0) is 11.0 Å². The molecule has 0 radical (unpaired) electrons. The van der Waals surface area contributed by atoms with E-state index in [-0.39, 0.29) is 5.91 Å². The van der Waals surface area contributed by atoms with Crippen molar-refractivity contribution in [2.24, 2.45) is 10.2 Å². The molecule has 0 aliphatic carbocycles. The van der Waals surface area contributed by atoms with Gasteiger partial charge in [-0.15, -0.1) is 5.10 Å². The number of amidine groups is 1. The number of alkyl halides is 3. The third-order valence-corrected chi connectivity index (χ3v) is 3.88. The quantitative estimate of drug-likeness (QED) is 0.678. The Kier molecular flexibility index (Phi) is 4.43. The fourth-order valence-electron chi connectivity index (χ4n) is 1.94. The predicted molar refractivity (Wildman–Crippen MR) is 84.8 cm³/mol. The zero-order valence-electron chi connectivity index (χ0n) is 12.0. The summed E-state index contributed by atoms with van der Waals surface area (Å²) in [6.07, 6.45) is -3.10. The molecule has 0 atom stereocenters. The Bertz CT molecular complexity index is 827. The SMILES string of the molecule is O=C1CS/C(=N\N=C/c2ccc(-c3cccc(C(F)(F)F)c3)o2)N1. The van der Waals surface area contributed by atoms with Crippen LogP contribution in [0, 0.1) is 0 Å². The number of rotatable bonds is 3. The van der Waals surface area contributed by atoms with E-state index in [9.17, 15) is 18.0 Å². The van der Waals surface area contributed by atoms with Gasteiger partial charge in [0.25, 0.3) is 0 Å². The molecule has 1 amide bonds.